The van der Waals surface area contributed by atoms with Gasteiger partial charge in [-0.05, 0) is 30.2 Å². The van der Waals surface area contributed by atoms with Gasteiger partial charge in [-0.3, -0.25) is 0 Å². The molecular weight excluding hydrogens is 184 g/mol. The van der Waals surface area contributed by atoms with Crippen molar-refractivity contribution >= 4 is 0 Å². The van der Waals surface area contributed by atoms with Gasteiger partial charge in [0.1, 0.15) is 12.4 Å². The molecule has 2 aromatic carbocycles. The van der Waals surface area contributed by atoms with Gasteiger partial charge in [-0.1, -0.05) is 42.5 Å². The Kier molecular flexibility index (Phi) is 3.03. The lowest BCUT2D eigenvalue weighted by molar-refractivity contribution is 0.416. The van der Waals surface area contributed by atoms with E-state index in [-0.39, 0.29) is 0 Å². The molecule has 0 spiro atoms. The summed E-state index contributed by atoms with van der Waals surface area (Å²) in [6.07, 6.45) is 0. The second-order valence-electron chi connectivity index (χ2n) is 3.24. The van der Waals surface area contributed by atoms with Crippen molar-refractivity contribution in [1.29, 1.82) is 0 Å². The molecule has 2 rings (SSSR count). The van der Waals surface area contributed by atoms with Gasteiger partial charge in [-0.25, -0.2) is 0 Å². The third-order valence-corrected chi connectivity index (χ3v) is 2.22. The summed E-state index contributed by atoms with van der Waals surface area (Å²) < 4.78 is 5.27. The average Bonchev–Trinajstić information content (AvgIpc) is 2.32. The summed E-state index contributed by atoms with van der Waals surface area (Å²) in [5.74, 6) is 0.872. The topological polar surface area (TPSA) is 9.23 Å². The summed E-state index contributed by atoms with van der Waals surface area (Å²) in [5.41, 5.74) is 2.43. The van der Waals surface area contributed by atoms with Gasteiger partial charge in [0.05, 0.1) is 0 Å². The maximum Gasteiger partial charge on any atom is 0.132 e. The average molecular weight is 197 g/mol. The Morgan fingerprint density at radius 2 is 1.40 bits per heavy atom. The van der Waals surface area contributed by atoms with Crippen molar-refractivity contribution in [2.75, 3.05) is 0 Å². The summed E-state index contributed by atoms with van der Waals surface area (Å²) in [5, 5.41) is 0. The van der Waals surface area contributed by atoms with Crippen LogP contribution >= 0.6 is 0 Å². The first kappa shape index (κ1) is 9.78. The summed E-state index contributed by atoms with van der Waals surface area (Å²) in [6.45, 7) is 3.54. The van der Waals surface area contributed by atoms with Crippen molar-refractivity contribution < 1.29 is 4.74 Å². The van der Waals surface area contributed by atoms with Crippen LogP contribution in [0.3, 0.4) is 0 Å². The molecule has 15 heavy (non-hydrogen) atoms. The zero-order valence-electron chi connectivity index (χ0n) is 8.68. The molecule has 0 saturated carbocycles. The predicted molar refractivity (Wildman–Crippen MR) is 62.5 cm³/mol. The molecule has 0 N–H and O–H groups in total. The van der Waals surface area contributed by atoms with E-state index in [0.717, 1.165) is 5.75 Å². The third kappa shape index (κ3) is 2.38. The van der Waals surface area contributed by atoms with E-state index in [4.69, 9.17) is 4.74 Å². The monoisotopic (exact) mass is 197 g/mol. The van der Waals surface area contributed by atoms with E-state index in [0.29, 0.717) is 0 Å². The van der Waals surface area contributed by atoms with Gasteiger partial charge < -0.3 is 4.74 Å². The van der Waals surface area contributed by atoms with Crippen LogP contribution in [0.5, 0.6) is 5.75 Å². The van der Waals surface area contributed by atoms with Crippen molar-refractivity contribution in [3.8, 4) is 16.9 Å². The number of ether oxygens (including phenoxy) is 1. The normalized spacial score (nSPS) is 9.93. The predicted octanol–water partition coefficient (Wildman–Crippen LogP) is 3.91. The lowest BCUT2D eigenvalue weighted by Gasteiger charge is -2.04. The molecule has 0 aliphatic carbocycles. The van der Waals surface area contributed by atoms with Crippen LogP contribution in [0, 0.1) is 6.61 Å². The highest BCUT2D eigenvalue weighted by Gasteiger charge is 1.96. The first-order valence-corrected chi connectivity index (χ1v) is 5.00. The van der Waals surface area contributed by atoms with Gasteiger partial charge in [0.25, 0.3) is 0 Å². The second kappa shape index (κ2) is 4.65. The molecule has 0 bridgehead atoms. The Morgan fingerprint density at radius 1 is 0.800 bits per heavy atom. The molecule has 0 atom stereocenters. The highest BCUT2D eigenvalue weighted by molar-refractivity contribution is 5.63. The van der Waals surface area contributed by atoms with Gasteiger partial charge in [0, 0.05) is 0 Å². The van der Waals surface area contributed by atoms with Crippen LogP contribution in [-0.2, 0) is 0 Å². The minimum Gasteiger partial charge on any atom is -0.487 e. The lowest BCUT2D eigenvalue weighted by Crippen LogP contribution is -1.84. The summed E-state index contributed by atoms with van der Waals surface area (Å²) in [7, 11) is 0. The Bertz CT molecular complexity index is 403. The summed E-state index contributed by atoms with van der Waals surface area (Å²) >= 11 is 0. The highest BCUT2D eigenvalue weighted by atomic mass is 16.5. The Labute approximate surface area is 90.3 Å². The van der Waals surface area contributed by atoms with E-state index in [2.05, 4.69) is 24.3 Å². The molecule has 75 valence electrons. The van der Waals surface area contributed by atoms with Crippen molar-refractivity contribution in [2.24, 2.45) is 0 Å². The molecule has 2 aromatic rings. The molecule has 0 aromatic heterocycles. The molecule has 0 saturated heterocycles. The molecule has 1 nitrogen and oxygen atoms in total. The molecular formula is C14H13O. The fourth-order valence-corrected chi connectivity index (χ4v) is 1.49. The van der Waals surface area contributed by atoms with E-state index < -0.39 is 0 Å². The molecule has 0 heterocycles. The first-order chi connectivity index (χ1) is 7.40. The van der Waals surface area contributed by atoms with Gasteiger partial charge >= 0.3 is 0 Å². The van der Waals surface area contributed by atoms with Crippen LogP contribution in [0.2, 0.25) is 0 Å². The fourth-order valence-electron chi connectivity index (χ4n) is 1.49. The van der Waals surface area contributed by atoms with Crippen LogP contribution in [0.25, 0.3) is 11.1 Å². The van der Waals surface area contributed by atoms with Gasteiger partial charge in [0.15, 0.2) is 0 Å². The smallest absolute Gasteiger partial charge is 0.132 e. The Balaban J connectivity index is 2.24. The maximum atomic E-state index is 5.27. The fraction of sp³-hybridized carbons (Fsp3) is 0.0714. The van der Waals surface area contributed by atoms with Crippen molar-refractivity contribution in [3.63, 3.8) is 0 Å². The molecule has 0 unspecified atom stereocenters. The lowest BCUT2D eigenvalue weighted by atomic mass is 10.1. The highest BCUT2D eigenvalue weighted by Crippen LogP contribution is 2.22. The van der Waals surface area contributed by atoms with Gasteiger partial charge in [-0.15, -0.1) is 0 Å². The zero-order chi connectivity index (χ0) is 10.5. The largest absolute Gasteiger partial charge is 0.487 e. The SMILES string of the molecule is C[CH]Oc1ccc(-c2ccccc2)cc1. The number of hydrogen-bond acceptors (Lipinski definition) is 1. The van der Waals surface area contributed by atoms with Crippen LogP contribution in [0.15, 0.2) is 54.6 Å². The molecule has 0 amide bonds. The van der Waals surface area contributed by atoms with Crippen molar-refractivity contribution in [1.82, 2.24) is 0 Å². The van der Waals surface area contributed by atoms with Crippen LogP contribution in [-0.4, -0.2) is 0 Å². The molecule has 1 radical (unpaired) electrons. The number of benzene rings is 2. The summed E-state index contributed by atoms with van der Waals surface area (Å²) in [4.78, 5) is 0. The Morgan fingerprint density at radius 3 is 2.00 bits per heavy atom. The first-order valence-electron chi connectivity index (χ1n) is 5.00. The van der Waals surface area contributed by atoms with Crippen LogP contribution < -0.4 is 4.74 Å². The number of hydrogen-bond donors (Lipinski definition) is 0. The standard InChI is InChI=1S/C14H13O/c1-2-15-14-10-8-13(9-11-14)12-6-4-3-5-7-12/h2-11H,1H3. The molecule has 0 aliphatic rings. The van der Waals surface area contributed by atoms with Crippen molar-refractivity contribution in [3.05, 3.63) is 61.2 Å². The molecule has 1 heteroatoms. The van der Waals surface area contributed by atoms with Crippen molar-refractivity contribution in [2.45, 2.75) is 6.92 Å². The summed E-state index contributed by atoms with van der Waals surface area (Å²) in [6, 6.07) is 18.4. The minimum atomic E-state index is 0.872. The zero-order valence-corrected chi connectivity index (χ0v) is 8.68. The second-order valence-corrected chi connectivity index (χ2v) is 3.24. The van der Waals surface area contributed by atoms with E-state index in [9.17, 15) is 0 Å². The maximum absolute atomic E-state index is 5.27. The van der Waals surface area contributed by atoms with E-state index in [1.54, 1.807) is 6.61 Å². The van der Waals surface area contributed by atoms with E-state index >= 15 is 0 Å². The van der Waals surface area contributed by atoms with Crippen LogP contribution in [0.4, 0.5) is 0 Å². The third-order valence-electron chi connectivity index (χ3n) is 2.22. The molecule has 0 fully saturated rings. The number of rotatable bonds is 3. The van der Waals surface area contributed by atoms with E-state index in [1.165, 1.54) is 11.1 Å². The van der Waals surface area contributed by atoms with Gasteiger partial charge in [-0.2, -0.15) is 0 Å². The van der Waals surface area contributed by atoms with Crippen LogP contribution in [0.1, 0.15) is 6.92 Å². The van der Waals surface area contributed by atoms with Gasteiger partial charge in [0.2, 0.25) is 0 Å². The molecule has 0 aliphatic heterocycles. The Hall–Kier alpha value is -1.76. The quantitative estimate of drug-likeness (QED) is 0.724. The van der Waals surface area contributed by atoms with E-state index in [1.807, 2.05) is 37.3 Å². The minimum absolute atomic E-state index is 0.872.